The number of ether oxygens (including phenoxy) is 3. The molecule has 0 bridgehead atoms. The monoisotopic (exact) mass is 421 g/mol. The molecule has 2 aromatic carbocycles. The van der Waals surface area contributed by atoms with E-state index in [2.05, 4.69) is 15.3 Å². The minimum absolute atomic E-state index is 0.350. The number of rotatable bonds is 5. The molecule has 1 unspecified atom stereocenters. The number of fused-ring (bicyclic) bond motifs is 1. The summed E-state index contributed by atoms with van der Waals surface area (Å²) < 4.78 is 16.3. The molecule has 1 amide bonds. The third-order valence-electron chi connectivity index (χ3n) is 4.98. The predicted molar refractivity (Wildman–Crippen MR) is 114 cm³/mol. The van der Waals surface area contributed by atoms with Gasteiger partial charge in [0, 0.05) is 23.0 Å². The van der Waals surface area contributed by atoms with Crippen molar-refractivity contribution in [2.24, 2.45) is 0 Å². The van der Waals surface area contributed by atoms with E-state index in [0.717, 1.165) is 22.8 Å². The van der Waals surface area contributed by atoms with Crippen molar-refractivity contribution >= 4 is 17.6 Å². The number of anilines is 1. The van der Waals surface area contributed by atoms with Crippen LogP contribution in [0.15, 0.2) is 42.5 Å². The smallest absolute Gasteiger partial charge is 0.338 e. The molecule has 2 N–H and O–H groups in total. The molecular formula is C23H23N3O5. The van der Waals surface area contributed by atoms with E-state index < -0.39 is 18.0 Å². The Bertz CT molecular complexity index is 1100. The lowest BCUT2D eigenvalue weighted by molar-refractivity contribution is -0.123. The Kier molecular flexibility index (Phi) is 5.62. The van der Waals surface area contributed by atoms with Crippen LogP contribution in [0.3, 0.4) is 0 Å². The average molecular weight is 421 g/mol. The number of imidazole rings is 1. The van der Waals surface area contributed by atoms with E-state index in [1.807, 2.05) is 13.8 Å². The van der Waals surface area contributed by atoms with Gasteiger partial charge in [-0.05, 0) is 45.0 Å². The molecule has 0 fully saturated rings. The van der Waals surface area contributed by atoms with E-state index in [0.29, 0.717) is 36.0 Å². The van der Waals surface area contributed by atoms with Crippen LogP contribution in [0, 0.1) is 13.8 Å². The maximum Gasteiger partial charge on any atom is 0.338 e. The summed E-state index contributed by atoms with van der Waals surface area (Å²) in [6, 6.07) is 12.0. The quantitative estimate of drug-likeness (QED) is 0.610. The molecule has 4 rings (SSSR count). The molecule has 2 heterocycles. The number of hydrogen-bond acceptors (Lipinski definition) is 6. The maximum absolute atomic E-state index is 12.4. The molecule has 1 atom stereocenters. The van der Waals surface area contributed by atoms with Gasteiger partial charge in [0.05, 0.1) is 11.3 Å². The van der Waals surface area contributed by atoms with Crippen LogP contribution in [0.1, 0.15) is 28.7 Å². The van der Waals surface area contributed by atoms with E-state index in [4.69, 9.17) is 14.2 Å². The molecule has 0 saturated carbocycles. The van der Waals surface area contributed by atoms with Gasteiger partial charge in [-0.15, -0.1) is 0 Å². The van der Waals surface area contributed by atoms with Crippen LogP contribution in [0.25, 0.3) is 11.4 Å². The molecule has 8 heteroatoms. The first kappa shape index (κ1) is 20.5. The summed E-state index contributed by atoms with van der Waals surface area (Å²) in [5.74, 6) is 0.913. The van der Waals surface area contributed by atoms with E-state index >= 15 is 0 Å². The van der Waals surface area contributed by atoms with Gasteiger partial charge in [0.15, 0.2) is 17.6 Å². The Morgan fingerprint density at radius 1 is 1.06 bits per heavy atom. The molecule has 1 aliphatic heterocycles. The third kappa shape index (κ3) is 4.53. The highest BCUT2D eigenvalue weighted by Crippen LogP contribution is 2.32. The van der Waals surface area contributed by atoms with Gasteiger partial charge >= 0.3 is 5.97 Å². The fourth-order valence-corrected chi connectivity index (χ4v) is 3.10. The highest BCUT2D eigenvalue weighted by Gasteiger charge is 2.20. The number of esters is 1. The zero-order valence-corrected chi connectivity index (χ0v) is 17.5. The van der Waals surface area contributed by atoms with Gasteiger partial charge in [-0.1, -0.05) is 12.1 Å². The first-order valence-electron chi connectivity index (χ1n) is 9.96. The molecule has 0 spiro atoms. The molecule has 1 aliphatic rings. The number of nitrogens with zero attached hydrogens (tertiary/aromatic N) is 1. The second-order valence-corrected chi connectivity index (χ2v) is 7.27. The summed E-state index contributed by atoms with van der Waals surface area (Å²) in [6.45, 7) is 6.35. The topological polar surface area (TPSA) is 103 Å². The van der Waals surface area contributed by atoms with Gasteiger partial charge in [-0.25, -0.2) is 9.78 Å². The van der Waals surface area contributed by atoms with Gasteiger partial charge in [0.1, 0.15) is 19.0 Å². The molecule has 1 aromatic heterocycles. The molecular weight excluding hydrogens is 398 g/mol. The second-order valence-electron chi connectivity index (χ2n) is 7.27. The van der Waals surface area contributed by atoms with Crippen LogP contribution in [0.5, 0.6) is 11.5 Å². The molecule has 8 nitrogen and oxygen atoms in total. The Balaban J connectivity index is 1.37. The summed E-state index contributed by atoms with van der Waals surface area (Å²) in [4.78, 5) is 32.5. The number of carbonyl (C=O) groups excluding carboxylic acids is 2. The molecule has 0 radical (unpaired) electrons. The van der Waals surface area contributed by atoms with Crippen LogP contribution in [-0.4, -0.2) is 41.2 Å². The van der Waals surface area contributed by atoms with E-state index in [9.17, 15) is 9.59 Å². The van der Waals surface area contributed by atoms with Crippen molar-refractivity contribution in [1.82, 2.24) is 9.97 Å². The highest BCUT2D eigenvalue weighted by atomic mass is 16.6. The number of amides is 1. The fourth-order valence-electron chi connectivity index (χ4n) is 3.10. The largest absolute Gasteiger partial charge is 0.486 e. The SMILES string of the molecule is Cc1nc(-c2ccc(C(=O)OC(C)C(=O)Nc3ccc4c(c3)OCCO4)cc2)[nH]c1C. The van der Waals surface area contributed by atoms with Gasteiger partial charge < -0.3 is 24.5 Å². The van der Waals surface area contributed by atoms with Crippen molar-refractivity contribution in [2.45, 2.75) is 26.9 Å². The van der Waals surface area contributed by atoms with Crippen molar-refractivity contribution in [3.63, 3.8) is 0 Å². The highest BCUT2D eigenvalue weighted by molar-refractivity contribution is 5.97. The number of hydrogen-bond donors (Lipinski definition) is 2. The number of aromatic amines is 1. The minimum Gasteiger partial charge on any atom is -0.486 e. The standard InChI is InChI=1S/C23H23N3O5/c1-13-14(2)25-21(24-13)16-4-6-17(7-5-16)23(28)31-15(3)22(27)26-18-8-9-19-20(12-18)30-11-10-29-19/h4-9,12,15H,10-11H2,1-3H3,(H,24,25)(H,26,27). The fraction of sp³-hybridized carbons (Fsp3) is 0.261. The number of benzene rings is 2. The lowest BCUT2D eigenvalue weighted by Crippen LogP contribution is -2.30. The summed E-state index contributed by atoms with van der Waals surface area (Å²) in [7, 11) is 0. The van der Waals surface area contributed by atoms with E-state index in [1.165, 1.54) is 6.92 Å². The normalized spacial score (nSPS) is 13.4. The molecule has 3 aromatic rings. The summed E-state index contributed by atoms with van der Waals surface area (Å²) in [5, 5.41) is 2.72. The molecule has 31 heavy (non-hydrogen) atoms. The van der Waals surface area contributed by atoms with Gasteiger partial charge in [-0.3, -0.25) is 4.79 Å². The van der Waals surface area contributed by atoms with Crippen molar-refractivity contribution in [2.75, 3.05) is 18.5 Å². The molecule has 0 aliphatic carbocycles. The first-order valence-corrected chi connectivity index (χ1v) is 9.96. The third-order valence-corrected chi connectivity index (χ3v) is 4.98. The van der Waals surface area contributed by atoms with Crippen molar-refractivity contribution < 1.29 is 23.8 Å². The maximum atomic E-state index is 12.4. The molecule has 0 saturated heterocycles. The zero-order chi connectivity index (χ0) is 22.0. The first-order chi connectivity index (χ1) is 14.9. The van der Waals surface area contributed by atoms with Crippen LogP contribution >= 0.6 is 0 Å². The Morgan fingerprint density at radius 3 is 2.45 bits per heavy atom. The van der Waals surface area contributed by atoms with Crippen molar-refractivity contribution in [3.05, 3.63) is 59.4 Å². The van der Waals surface area contributed by atoms with Gasteiger partial charge in [0.2, 0.25) is 0 Å². The lowest BCUT2D eigenvalue weighted by atomic mass is 10.1. The van der Waals surface area contributed by atoms with Crippen molar-refractivity contribution in [1.29, 1.82) is 0 Å². The lowest BCUT2D eigenvalue weighted by Gasteiger charge is -2.19. The van der Waals surface area contributed by atoms with Crippen LogP contribution in [0.2, 0.25) is 0 Å². The van der Waals surface area contributed by atoms with Crippen molar-refractivity contribution in [3.8, 4) is 22.9 Å². The summed E-state index contributed by atoms with van der Waals surface area (Å²) in [6.07, 6.45) is -0.976. The summed E-state index contributed by atoms with van der Waals surface area (Å²) >= 11 is 0. The zero-order valence-electron chi connectivity index (χ0n) is 17.5. The van der Waals surface area contributed by atoms with Crippen LogP contribution in [-0.2, 0) is 9.53 Å². The summed E-state index contributed by atoms with van der Waals surface area (Å²) in [5.41, 5.74) is 3.66. The molecule has 160 valence electrons. The Morgan fingerprint density at radius 2 is 1.77 bits per heavy atom. The minimum atomic E-state index is -0.976. The second kappa shape index (κ2) is 8.51. The van der Waals surface area contributed by atoms with Gasteiger partial charge in [0.25, 0.3) is 5.91 Å². The number of nitrogens with one attached hydrogen (secondary N) is 2. The predicted octanol–water partition coefficient (Wildman–Crippen LogP) is 3.65. The average Bonchev–Trinajstić information content (AvgIpc) is 3.12. The number of aryl methyl sites for hydroxylation is 2. The Labute approximate surface area is 179 Å². The number of aromatic nitrogens is 2. The van der Waals surface area contributed by atoms with E-state index in [-0.39, 0.29) is 0 Å². The number of H-pyrrole nitrogens is 1. The Hall–Kier alpha value is -3.81. The van der Waals surface area contributed by atoms with Crippen LogP contribution < -0.4 is 14.8 Å². The van der Waals surface area contributed by atoms with Gasteiger partial charge in [-0.2, -0.15) is 0 Å². The number of carbonyl (C=O) groups is 2. The van der Waals surface area contributed by atoms with E-state index in [1.54, 1.807) is 42.5 Å². The van der Waals surface area contributed by atoms with Crippen LogP contribution in [0.4, 0.5) is 5.69 Å².